The monoisotopic (exact) mass is 625 g/mol. The van der Waals surface area contributed by atoms with E-state index in [-0.39, 0.29) is 37.7 Å². The van der Waals surface area contributed by atoms with E-state index in [1.165, 1.54) is 4.31 Å². The minimum absolute atomic E-state index is 0.0831. The standard InChI is InChI=1S/C33H40ClN3O5S/c1-23-10-11-24(2)30(18-23)43(40,41)37-16-14-36(15-17-37)32(39)13-12-31(38)35(5)21-27-19-25(3)33(26(4)20-27)42-22-28-8-6-7-9-29(28)34/h6-11,18-20H,12-17,21-22H2,1-5H3. The van der Waals surface area contributed by atoms with Crippen molar-refractivity contribution in [1.29, 1.82) is 0 Å². The molecule has 0 saturated carbocycles. The molecule has 3 aromatic carbocycles. The summed E-state index contributed by atoms with van der Waals surface area (Å²) < 4.78 is 33.9. The Bertz CT molecular complexity index is 1580. The molecule has 0 bridgehead atoms. The zero-order valence-corrected chi connectivity index (χ0v) is 27.1. The number of sulfonamides is 1. The quantitative estimate of drug-likeness (QED) is 0.300. The molecule has 1 fully saturated rings. The third-order valence-corrected chi connectivity index (χ3v) is 10.2. The number of halogens is 1. The summed E-state index contributed by atoms with van der Waals surface area (Å²) in [7, 11) is -1.90. The largest absolute Gasteiger partial charge is 0.488 e. The summed E-state index contributed by atoms with van der Waals surface area (Å²) in [5.74, 6) is 0.529. The first kappa shape index (κ1) is 32.5. The highest BCUT2D eigenvalue weighted by Gasteiger charge is 2.31. The van der Waals surface area contributed by atoms with Gasteiger partial charge in [0.1, 0.15) is 12.4 Å². The van der Waals surface area contributed by atoms with Gasteiger partial charge in [-0.25, -0.2) is 8.42 Å². The normalized spacial score (nSPS) is 14.0. The van der Waals surface area contributed by atoms with Crippen molar-refractivity contribution in [2.45, 2.75) is 58.6 Å². The fraction of sp³-hybridized carbons (Fsp3) is 0.394. The van der Waals surface area contributed by atoms with Crippen LogP contribution in [0.15, 0.2) is 59.5 Å². The van der Waals surface area contributed by atoms with Crippen LogP contribution in [0.4, 0.5) is 0 Å². The Morgan fingerprint density at radius 3 is 2.19 bits per heavy atom. The number of hydrogen-bond acceptors (Lipinski definition) is 5. The van der Waals surface area contributed by atoms with Crippen LogP contribution in [0.2, 0.25) is 5.02 Å². The Hall–Kier alpha value is -3.40. The number of aryl methyl sites for hydroxylation is 4. The molecule has 1 aliphatic rings. The zero-order chi connectivity index (χ0) is 31.3. The first-order chi connectivity index (χ1) is 20.4. The van der Waals surface area contributed by atoms with Crippen LogP contribution in [0, 0.1) is 27.7 Å². The van der Waals surface area contributed by atoms with Gasteiger partial charge in [-0.15, -0.1) is 0 Å². The predicted octanol–water partition coefficient (Wildman–Crippen LogP) is 5.42. The summed E-state index contributed by atoms with van der Waals surface area (Å²) in [5.41, 5.74) is 5.41. The average Bonchev–Trinajstić information content (AvgIpc) is 2.97. The van der Waals surface area contributed by atoms with Crippen LogP contribution in [0.25, 0.3) is 0 Å². The van der Waals surface area contributed by atoms with Gasteiger partial charge in [-0.05, 0) is 67.6 Å². The Balaban J connectivity index is 1.26. The van der Waals surface area contributed by atoms with Gasteiger partial charge in [0, 0.05) is 63.2 Å². The molecule has 1 saturated heterocycles. The van der Waals surface area contributed by atoms with Crippen LogP contribution in [0.1, 0.15) is 46.2 Å². The smallest absolute Gasteiger partial charge is 0.243 e. The number of rotatable bonds is 10. The van der Waals surface area contributed by atoms with Crippen molar-refractivity contribution in [2.75, 3.05) is 33.2 Å². The molecule has 0 aromatic heterocycles. The SMILES string of the molecule is Cc1ccc(C)c(S(=O)(=O)N2CCN(C(=O)CCC(=O)N(C)Cc3cc(C)c(OCc4ccccc4Cl)c(C)c3)CC2)c1. The molecular weight excluding hydrogens is 586 g/mol. The van der Waals surface area contributed by atoms with Gasteiger partial charge in [-0.1, -0.05) is 54.1 Å². The molecule has 3 aromatic rings. The third kappa shape index (κ3) is 7.96. The maximum atomic E-state index is 13.2. The second-order valence-corrected chi connectivity index (χ2v) is 13.6. The number of carbonyl (C=O) groups excluding carboxylic acids is 2. The average molecular weight is 626 g/mol. The van der Waals surface area contributed by atoms with Crippen molar-refractivity contribution in [2.24, 2.45) is 0 Å². The number of amides is 2. The van der Waals surface area contributed by atoms with E-state index in [9.17, 15) is 18.0 Å². The molecule has 0 unspecified atom stereocenters. The predicted molar refractivity (Wildman–Crippen MR) is 169 cm³/mol. The first-order valence-corrected chi connectivity index (χ1v) is 16.2. The number of carbonyl (C=O) groups is 2. The van der Waals surface area contributed by atoms with Gasteiger partial charge in [0.15, 0.2) is 0 Å². The van der Waals surface area contributed by atoms with Gasteiger partial charge >= 0.3 is 0 Å². The Kier molecular flexibility index (Phi) is 10.5. The van der Waals surface area contributed by atoms with E-state index in [1.807, 2.05) is 69.3 Å². The van der Waals surface area contributed by atoms with E-state index in [1.54, 1.807) is 29.8 Å². The molecular formula is C33H40ClN3O5S. The van der Waals surface area contributed by atoms with Crippen molar-refractivity contribution in [3.8, 4) is 5.75 Å². The number of benzene rings is 3. The first-order valence-electron chi connectivity index (χ1n) is 14.4. The van der Waals surface area contributed by atoms with Crippen LogP contribution in [0.3, 0.4) is 0 Å². The fourth-order valence-electron chi connectivity index (χ4n) is 5.35. The molecule has 230 valence electrons. The molecule has 8 nitrogen and oxygen atoms in total. The highest BCUT2D eigenvalue weighted by atomic mass is 35.5. The molecule has 1 heterocycles. The summed E-state index contributed by atoms with van der Waals surface area (Å²) >= 11 is 6.26. The number of ether oxygens (including phenoxy) is 1. The van der Waals surface area contributed by atoms with E-state index < -0.39 is 10.0 Å². The molecule has 4 rings (SSSR count). The third-order valence-electron chi connectivity index (χ3n) is 7.80. The molecule has 0 aliphatic carbocycles. The molecule has 1 aliphatic heterocycles. The lowest BCUT2D eigenvalue weighted by atomic mass is 10.0. The van der Waals surface area contributed by atoms with Crippen molar-refractivity contribution >= 4 is 33.4 Å². The van der Waals surface area contributed by atoms with E-state index in [2.05, 4.69) is 0 Å². The van der Waals surface area contributed by atoms with E-state index in [0.717, 1.165) is 33.6 Å². The summed E-state index contributed by atoms with van der Waals surface area (Å²) in [6, 6.07) is 17.0. The Labute approximate surface area is 260 Å². The second kappa shape index (κ2) is 13.9. The number of nitrogens with zero attached hydrogens (tertiary/aromatic N) is 3. The van der Waals surface area contributed by atoms with Gasteiger partial charge in [-0.3, -0.25) is 9.59 Å². The molecule has 0 spiro atoms. The summed E-state index contributed by atoms with van der Waals surface area (Å²) in [4.78, 5) is 29.4. The van der Waals surface area contributed by atoms with Crippen molar-refractivity contribution in [3.05, 3.63) is 93.0 Å². The van der Waals surface area contributed by atoms with Crippen molar-refractivity contribution < 1.29 is 22.7 Å². The van der Waals surface area contributed by atoms with E-state index in [0.29, 0.717) is 41.7 Å². The lowest BCUT2D eigenvalue weighted by Crippen LogP contribution is -2.50. The molecule has 43 heavy (non-hydrogen) atoms. The van der Waals surface area contributed by atoms with Crippen molar-refractivity contribution in [3.63, 3.8) is 0 Å². The van der Waals surface area contributed by atoms with Gasteiger partial charge in [0.2, 0.25) is 21.8 Å². The molecule has 0 radical (unpaired) electrons. The maximum absolute atomic E-state index is 13.2. The van der Waals surface area contributed by atoms with Gasteiger partial charge in [0.25, 0.3) is 0 Å². The molecule has 2 amide bonds. The van der Waals surface area contributed by atoms with Crippen LogP contribution in [0.5, 0.6) is 5.75 Å². The maximum Gasteiger partial charge on any atom is 0.243 e. The van der Waals surface area contributed by atoms with E-state index >= 15 is 0 Å². The van der Waals surface area contributed by atoms with Crippen LogP contribution in [-0.2, 0) is 32.8 Å². The second-order valence-electron chi connectivity index (χ2n) is 11.2. The lowest BCUT2D eigenvalue weighted by molar-refractivity contribution is -0.137. The number of piperazine rings is 1. The van der Waals surface area contributed by atoms with Gasteiger partial charge in [-0.2, -0.15) is 4.31 Å². The Morgan fingerprint density at radius 2 is 1.53 bits per heavy atom. The molecule has 0 atom stereocenters. The van der Waals surface area contributed by atoms with E-state index in [4.69, 9.17) is 16.3 Å². The minimum atomic E-state index is -3.64. The van der Waals surface area contributed by atoms with Crippen LogP contribution in [-0.4, -0.2) is 67.6 Å². The zero-order valence-electron chi connectivity index (χ0n) is 25.5. The summed E-state index contributed by atoms with van der Waals surface area (Å²) in [5, 5.41) is 0.663. The van der Waals surface area contributed by atoms with Crippen LogP contribution < -0.4 is 4.74 Å². The Morgan fingerprint density at radius 1 is 0.884 bits per heavy atom. The highest BCUT2D eigenvalue weighted by Crippen LogP contribution is 2.28. The number of hydrogen-bond donors (Lipinski definition) is 0. The summed E-state index contributed by atoms with van der Waals surface area (Å²) in [6.07, 6.45) is 0.174. The lowest BCUT2D eigenvalue weighted by Gasteiger charge is -2.34. The molecule has 0 N–H and O–H groups in total. The molecule has 10 heteroatoms. The van der Waals surface area contributed by atoms with Crippen molar-refractivity contribution in [1.82, 2.24) is 14.1 Å². The van der Waals surface area contributed by atoms with Gasteiger partial charge in [0.05, 0.1) is 4.90 Å². The summed E-state index contributed by atoms with van der Waals surface area (Å²) in [6.45, 7) is 9.45. The van der Waals surface area contributed by atoms with Crippen LogP contribution >= 0.6 is 11.6 Å². The minimum Gasteiger partial charge on any atom is -0.488 e. The fourth-order valence-corrected chi connectivity index (χ4v) is 7.27. The highest BCUT2D eigenvalue weighted by molar-refractivity contribution is 7.89. The topological polar surface area (TPSA) is 87.2 Å². The van der Waals surface area contributed by atoms with Gasteiger partial charge < -0.3 is 14.5 Å².